The van der Waals surface area contributed by atoms with Gasteiger partial charge in [-0.05, 0) is 62.8 Å². The number of likely N-dealkylation sites (tertiary alicyclic amines) is 1. The maximum Gasteiger partial charge on any atom is 0.322 e. The van der Waals surface area contributed by atoms with Gasteiger partial charge >= 0.3 is 6.03 Å². The quantitative estimate of drug-likeness (QED) is 0.481. The number of ether oxygens (including phenoxy) is 1. The maximum atomic E-state index is 13.6. The van der Waals surface area contributed by atoms with Gasteiger partial charge in [-0.25, -0.2) is 4.79 Å². The van der Waals surface area contributed by atoms with E-state index in [0.717, 1.165) is 32.4 Å². The molecule has 1 unspecified atom stereocenters. The molecule has 9 nitrogen and oxygen atoms in total. The number of aliphatic hydroxyl groups is 1. The minimum absolute atomic E-state index is 0.144. The molecule has 3 amide bonds. The summed E-state index contributed by atoms with van der Waals surface area (Å²) < 4.78 is 6.21. The van der Waals surface area contributed by atoms with Gasteiger partial charge in [0, 0.05) is 31.4 Å². The number of carbonyl (C=O) groups is 2. The number of piperazine rings is 1. The summed E-state index contributed by atoms with van der Waals surface area (Å²) in [5.41, 5.74) is -0.435. The van der Waals surface area contributed by atoms with Crippen molar-refractivity contribution in [2.24, 2.45) is 5.41 Å². The van der Waals surface area contributed by atoms with Gasteiger partial charge in [-0.3, -0.25) is 4.79 Å². The Labute approximate surface area is 221 Å². The van der Waals surface area contributed by atoms with E-state index in [1.807, 2.05) is 0 Å². The smallest absolute Gasteiger partial charge is 0.322 e. The molecule has 4 atom stereocenters. The predicted molar refractivity (Wildman–Crippen MR) is 138 cm³/mol. The largest absolute Gasteiger partial charge is 0.391 e. The number of aliphatic hydroxyl groups excluding tert-OH is 1. The Bertz CT molecular complexity index is 1050. The van der Waals surface area contributed by atoms with Gasteiger partial charge in [0.05, 0.1) is 35.3 Å². The van der Waals surface area contributed by atoms with Crippen molar-refractivity contribution in [3.05, 3.63) is 28.2 Å². The van der Waals surface area contributed by atoms with Gasteiger partial charge in [-0.15, -0.1) is 0 Å². The Morgan fingerprint density at radius 2 is 2.08 bits per heavy atom. The fourth-order valence-electron chi connectivity index (χ4n) is 5.93. The van der Waals surface area contributed by atoms with Gasteiger partial charge < -0.3 is 35.3 Å². The lowest BCUT2D eigenvalue weighted by atomic mass is 9.90. The highest BCUT2D eigenvalue weighted by Gasteiger charge is 2.57. The van der Waals surface area contributed by atoms with Crippen molar-refractivity contribution in [1.82, 2.24) is 14.7 Å². The molecule has 3 aliphatic heterocycles. The van der Waals surface area contributed by atoms with E-state index in [2.05, 4.69) is 10.2 Å². The lowest BCUT2D eigenvalue weighted by Gasteiger charge is -2.49. The second-order valence-electron chi connectivity index (χ2n) is 10.6. The van der Waals surface area contributed by atoms with Gasteiger partial charge in [0.15, 0.2) is 5.72 Å². The van der Waals surface area contributed by atoms with E-state index in [-0.39, 0.29) is 36.4 Å². The Morgan fingerprint density at radius 1 is 1.31 bits per heavy atom. The number of benzene rings is 1. The summed E-state index contributed by atoms with van der Waals surface area (Å²) in [4.78, 5) is 32.3. The second-order valence-corrected chi connectivity index (χ2v) is 11.4. The van der Waals surface area contributed by atoms with Crippen LogP contribution in [0.1, 0.15) is 39.0 Å². The van der Waals surface area contributed by atoms with Crippen LogP contribution in [0.15, 0.2) is 18.2 Å². The first-order valence-corrected chi connectivity index (χ1v) is 13.3. The van der Waals surface area contributed by atoms with Crippen molar-refractivity contribution in [2.75, 3.05) is 38.1 Å². The second kappa shape index (κ2) is 9.76. The molecule has 0 aromatic heterocycles. The number of hydrogen-bond acceptors (Lipinski definition) is 6. The number of β-amino-alcohol motifs (C(OH)–C–C–N with tert-alkyl or cyclic N) is 1. The molecule has 3 saturated heterocycles. The molecule has 1 aliphatic carbocycles. The van der Waals surface area contributed by atoms with Crippen LogP contribution in [-0.4, -0.2) is 94.7 Å². The molecule has 1 aromatic carbocycles. The molecule has 4 fully saturated rings. The topological polar surface area (TPSA) is 109 Å². The van der Waals surface area contributed by atoms with Crippen LogP contribution in [0.2, 0.25) is 10.0 Å². The molecule has 5 rings (SSSR count). The summed E-state index contributed by atoms with van der Waals surface area (Å²) in [5, 5.41) is 21.8. The predicted octanol–water partition coefficient (Wildman–Crippen LogP) is 3.43. The summed E-state index contributed by atoms with van der Waals surface area (Å²) in [6.45, 7) is 4.63. The number of anilines is 1. The van der Waals surface area contributed by atoms with Crippen molar-refractivity contribution in [1.29, 1.82) is 5.41 Å². The minimum atomic E-state index is -1.07. The lowest BCUT2D eigenvalue weighted by molar-refractivity contribution is -0.170. The lowest BCUT2D eigenvalue weighted by Crippen LogP contribution is -2.69. The number of fused-ring (bicyclic) bond motifs is 1. The first-order chi connectivity index (χ1) is 17.2. The van der Waals surface area contributed by atoms with Crippen molar-refractivity contribution in [3.63, 3.8) is 0 Å². The van der Waals surface area contributed by atoms with E-state index >= 15 is 0 Å². The third-order valence-electron chi connectivity index (χ3n) is 8.42. The minimum Gasteiger partial charge on any atom is -0.391 e. The maximum absolute atomic E-state index is 13.6. The van der Waals surface area contributed by atoms with Crippen LogP contribution in [-0.2, 0) is 9.53 Å². The Kier molecular flexibility index (Phi) is 6.97. The number of carbonyl (C=O) groups excluding carboxylic acids is 2. The van der Waals surface area contributed by atoms with Crippen LogP contribution in [0.3, 0.4) is 0 Å². The highest BCUT2D eigenvalue weighted by molar-refractivity contribution is 6.42. The first-order valence-electron chi connectivity index (χ1n) is 12.6. The van der Waals surface area contributed by atoms with E-state index < -0.39 is 17.8 Å². The molecule has 0 radical (unpaired) electrons. The molecule has 196 valence electrons. The normalized spacial score (nSPS) is 31.4. The number of amides is 3. The zero-order valence-corrected chi connectivity index (χ0v) is 21.9. The summed E-state index contributed by atoms with van der Waals surface area (Å²) >= 11 is 12.1. The first kappa shape index (κ1) is 25.7. The zero-order valence-electron chi connectivity index (χ0n) is 20.4. The average molecular weight is 538 g/mol. The van der Waals surface area contributed by atoms with Crippen LogP contribution in [0, 0.1) is 10.8 Å². The van der Waals surface area contributed by atoms with Crippen molar-refractivity contribution >= 4 is 47.0 Å². The fourth-order valence-corrected chi connectivity index (χ4v) is 6.23. The Balaban J connectivity index is 1.27. The molecule has 3 heterocycles. The Morgan fingerprint density at radius 3 is 2.75 bits per heavy atom. The average Bonchev–Trinajstić information content (AvgIpc) is 3.54. The van der Waals surface area contributed by atoms with Gasteiger partial charge in [0.1, 0.15) is 6.04 Å². The SMILES string of the molecule is C[C@H]1C(=O)N2[C@@H](CCN3CCC4(CC4)[C@H](O)C3)COC2(CC=N)CN1C(=O)Nc1ccc(Cl)c(Cl)c1. The molecule has 1 aromatic rings. The van der Waals surface area contributed by atoms with Gasteiger partial charge in [0.25, 0.3) is 0 Å². The van der Waals surface area contributed by atoms with E-state index in [0.29, 0.717) is 35.3 Å². The van der Waals surface area contributed by atoms with E-state index in [1.54, 1.807) is 30.0 Å². The van der Waals surface area contributed by atoms with Crippen LogP contribution >= 0.6 is 23.2 Å². The highest BCUT2D eigenvalue weighted by atomic mass is 35.5. The molecule has 1 saturated carbocycles. The number of nitrogens with zero attached hydrogens (tertiary/aromatic N) is 3. The van der Waals surface area contributed by atoms with Crippen molar-refractivity contribution in [2.45, 2.75) is 62.9 Å². The molecule has 0 bridgehead atoms. The summed E-state index contributed by atoms with van der Waals surface area (Å²) in [7, 11) is 0. The number of piperidine rings is 1. The Hall–Kier alpha value is -1.91. The monoisotopic (exact) mass is 537 g/mol. The molecule has 3 N–H and O–H groups in total. The van der Waals surface area contributed by atoms with E-state index in [1.165, 1.54) is 11.1 Å². The standard InChI is InChI=1S/C25H33Cl2N5O4/c1-16-22(34)32-18(4-10-30-11-8-24(5-6-24)21(33)13-30)14-36-25(32,7-9-28)15-31(16)23(35)29-17-2-3-19(26)20(27)12-17/h2-3,9,12,16,18,21,28,33H,4-8,10-11,13-15H2,1H3,(H,29,35)/t16-,18-,21+,25?/m0/s1. The molecule has 1 spiro atoms. The summed E-state index contributed by atoms with van der Waals surface area (Å²) in [5.74, 6) is -0.189. The van der Waals surface area contributed by atoms with E-state index in [4.69, 9.17) is 33.3 Å². The fraction of sp³-hybridized carbons (Fsp3) is 0.640. The number of rotatable bonds is 6. The van der Waals surface area contributed by atoms with E-state index in [9.17, 15) is 14.7 Å². The zero-order chi connectivity index (χ0) is 25.7. The van der Waals surface area contributed by atoms with Crippen LogP contribution in [0.25, 0.3) is 0 Å². The number of halogens is 2. The highest BCUT2D eigenvalue weighted by Crippen LogP contribution is 2.53. The van der Waals surface area contributed by atoms with Gasteiger partial charge in [0.2, 0.25) is 5.91 Å². The number of urea groups is 1. The van der Waals surface area contributed by atoms with Crippen LogP contribution in [0.5, 0.6) is 0 Å². The molecular formula is C25H33Cl2N5O4. The molecule has 11 heteroatoms. The number of hydrogen-bond donors (Lipinski definition) is 3. The van der Waals surface area contributed by atoms with Gasteiger partial charge in [-0.2, -0.15) is 0 Å². The summed E-state index contributed by atoms with van der Waals surface area (Å²) in [6, 6.07) is 3.52. The molecular weight excluding hydrogens is 505 g/mol. The molecule has 36 heavy (non-hydrogen) atoms. The number of nitrogens with one attached hydrogen (secondary N) is 2. The summed E-state index contributed by atoms with van der Waals surface area (Å²) in [6.07, 6.45) is 5.15. The third kappa shape index (κ3) is 4.60. The van der Waals surface area contributed by atoms with Gasteiger partial charge in [-0.1, -0.05) is 23.2 Å². The third-order valence-corrected chi connectivity index (χ3v) is 9.15. The van der Waals surface area contributed by atoms with Crippen molar-refractivity contribution in [3.8, 4) is 0 Å². The molecule has 4 aliphatic rings. The van der Waals surface area contributed by atoms with Crippen molar-refractivity contribution < 1.29 is 19.4 Å². The van der Waals surface area contributed by atoms with Crippen LogP contribution in [0.4, 0.5) is 10.5 Å². The van der Waals surface area contributed by atoms with Crippen LogP contribution < -0.4 is 5.32 Å².